The number of nitro benzene ring substituents is 1. The molecule has 19 heavy (non-hydrogen) atoms. The van der Waals surface area contributed by atoms with E-state index in [1.165, 1.54) is 12.1 Å². The Kier molecular flexibility index (Phi) is 3.91. The highest BCUT2D eigenvalue weighted by atomic mass is 16.6. The molecule has 2 atom stereocenters. The van der Waals surface area contributed by atoms with Crippen LogP contribution in [0.1, 0.15) is 37.1 Å². The van der Waals surface area contributed by atoms with Crippen LogP contribution in [0, 0.1) is 10.1 Å². The molecule has 1 aromatic heterocycles. The molecule has 2 rings (SSSR count). The highest BCUT2D eigenvalue weighted by Gasteiger charge is 2.13. The van der Waals surface area contributed by atoms with E-state index in [-0.39, 0.29) is 17.8 Å². The van der Waals surface area contributed by atoms with Gasteiger partial charge in [0.05, 0.1) is 11.1 Å². The van der Waals surface area contributed by atoms with Crippen molar-refractivity contribution in [2.24, 2.45) is 0 Å². The number of nitro groups is 1. The molecule has 0 aliphatic carbocycles. The Morgan fingerprint density at radius 1 is 1.21 bits per heavy atom. The molecular formula is C13H16N4O2. The van der Waals surface area contributed by atoms with Gasteiger partial charge in [-0.1, -0.05) is 12.1 Å². The van der Waals surface area contributed by atoms with Crippen molar-refractivity contribution in [3.05, 3.63) is 57.9 Å². The van der Waals surface area contributed by atoms with Crippen LogP contribution in [-0.4, -0.2) is 15.1 Å². The van der Waals surface area contributed by atoms with E-state index in [2.05, 4.69) is 15.5 Å². The number of nitrogens with zero attached hydrogens (tertiary/aromatic N) is 2. The SMILES string of the molecule is CC(NC(C)c1cn[nH]c1)c1ccc([N+](=O)[O-])cc1. The predicted octanol–water partition coefficient (Wildman–Crippen LogP) is 2.73. The number of benzene rings is 1. The van der Waals surface area contributed by atoms with Gasteiger partial charge < -0.3 is 5.32 Å². The second-order valence-electron chi connectivity index (χ2n) is 4.49. The first-order chi connectivity index (χ1) is 9.08. The van der Waals surface area contributed by atoms with Gasteiger partial charge in [0.2, 0.25) is 0 Å². The van der Waals surface area contributed by atoms with E-state index in [1.54, 1.807) is 18.3 Å². The fourth-order valence-corrected chi connectivity index (χ4v) is 1.95. The molecule has 0 aliphatic rings. The van der Waals surface area contributed by atoms with E-state index in [0.717, 1.165) is 11.1 Å². The zero-order chi connectivity index (χ0) is 13.8. The zero-order valence-corrected chi connectivity index (χ0v) is 10.8. The van der Waals surface area contributed by atoms with E-state index in [4.69, 9.17) is 0 Å². The first-order valence-electron chi connectivity index (χ1n) is 6.07. The van der Waals surface area contributed by atoms with Gasteiger partial charge in [-0.3, -0.25) is 15.2 Å². The van der Waals surface area contributed by atoms with Gasteiger partial charge in [-0.15, -0.1) is 0 Å². The van der Waals surface area contributed by atoms with Crippen LogP contribution in [0.4, 0.5) is 5.69 Å². The molecule has 0 amide bonds. The maximum absolute atomic E-state index is 10.6. The quantitative estimate of drug-likeness (QED) is 0.639. The summed E-state index contributed by atoms with van der Waals surface area (Å²) >= 11 is 0. The Labute approximate surface area is 111 Å². The summed E-state index contributed by atoms with van der Waals surface area (Å²) in [6.45, 7) is 4.07. The second-order valence-corrected chi connectivity index (χ2v) is 4.49. The number of hydrogen-bond acceptors (Lipinski definition) is 4. The first-order valence-corrected chi connectivity index (χ1v) is 6.07. The van der Waals surface area contributed by atoms with E-state index in [1.807, 2.05) is 20.0 Å². The lowest BCUT2D eigenvalue weighted by Gasteiger charge is -2.19. The smallest absolute Gasteiger partial charge is 0.269 e. The summed E-state index contributed by atoms with van der Waals surface area (Å²) in [6.07, 6.45) is 3.63. The number of aromatic amines is 1. The molecule has 0 fully saturated rings. The summed E-state index contributed by atoms with van der Waals surface area (Å²) in [5, 5.41) is 20.7. The van der Waals surface area contributed by atoms with Crippen LogP contribution in [0.5, 0.6) is 0 Å². The third kappa shape index (κ3) is 3.17. The average Bonchev–Trinajstić information content (AvgIpc) is 2.92. The lowest BCUT2D eigenvalue weighted by atomic mass is 10.1. The first kappa shape index (κ1) is 13.2. The van der Waals surface area contributed by atoms with Gasteiger partial charge in [0.15, 0.2) is 0 Å². The fourth-order valence-electron chi connectivity index (χ4n) is 1.95. The minimum atomic E-state index is -0.393. The monoisotopic (exact) mass is 260 g/mol. The molecule has 0 saturated heterocycles. The zero-order valence-electron chi connectivity index (χ0n) is 10.8. The number of hydrogen-bond donors (Lipinski definition) is 2. The van der Waals surface area contributed by atoms with Crippen LogP contribution in [0.25, 0.3) is 0 Å². The molecular weight excluding hydrogens is 244 g/mol. The molecule has 1 heterocycles. The fraction of sp³-hybridized carbons (Fsp3) is 0.308. The van der Waals surface area contributed by atoms with E-state index >= 15 is 0 Å². The Bertz CT molecular complexity index is 536. The number of nitrogens with one attached hydrogen (secondary N) is 2. The van der Waals surface area contributed by atoms with E-state index < -0.39 is 4.92 Å². The molecule has 2 N–H and O–H groups in total. The third-order valence-corrected chi connectivity index (χ3v) is 3.12. The van der Waals surface area contributed by atoms with Crippen molar-refractivity contribution >= 4 is 5.69 Å². The van der Waals surface area contributed by atoms with E-state index in [0.29, 0.717) is 0 Å². The summed E-state index contributed by atoms with van der Waals surface area (Å²) in [7, 11) is 0. The van der Waals surface area contributed by atoms with Crippen LogP contribution in [-0.2, 0) is 0 Å². The average molecular weight is 260 g/mol. The summed E-state index contributed by atoms with van der Waals surface area (Å²) in [4.78, 5) is 10.2. The van der Waals surface area contributed by atoms with Gasteiger partial charge in [0.1, 0.15) is 0 Å². The van der Waals surface area contributed by atoms with Crippen LogP contribution >= 0.6 is 0 Å². The third-order valence-electron chi connectivity index (χ3n) is 3.12. The number of H-pyrrole nitrogens is 1. The number of rotatable bonds is 5. The van der Waals surface area contributed by atoms with Crippen LogP contribution in [0.15, 0.2) is 36.7 Å². The molecule has 6 nitrogen and oxygen atoms in total. The molecule has 0 aliphatic heterocycles. The largest absolute Gasteiger partial charge is 0.304 e. The van der Waals surface area contributed by atoms with Crippen LogP contribution in [0.3, 0.4) is 0 Å². The van der Waals surface area contributed by atoms with E-state index in [9.17, 15) is 10.1 Å². The topological polar surface area (TPSA) is 83.8 Å². The molecule has 0 radical (unpaired) electrons. The van der Waals surface area contributed by atoms with Crippen molar-refractivity contribution in [3.63, 3.8) is 0 Å². The molecule has 6 heteroatoms. The standard InChI is InChI=1S/C13H16N4O2/c1-9(16-10(2)12-7-14-15-8-12)11-3-5-13(6-4-11)17(18)19/h3-10,16H,1-2H3,(H,14,15). The predicted molar refractivity (Wildman–Crippen MR) is 71.6 cm³/mol. The Hall–Kier alpha value is -2.21. The van der Waals surface area contributed by atoms with Crippen LogP contribution < -0.4 is 5.32 Å². The normalized spacial score (nSPS) is 14.0. The van der Waals surface area contributed by atoms with Gasteiger partial charge in [0.25, 0.3) is 5.69 Å². The summed E-state index contributed by atoms with van der Waals surface area (Å²) in [6, 6.07) is 6.86. The Balaban J connectivity index is 2.03. The van der Waals surface area contributed by atoms with Crippen molar-refractivity contribution < 1.29 is 4.92 Å². The van der Waals surface area contributed by atoms with Gasteiger partial charge in [-0.2, -0.15) is 5.10 Å². The van der Waals surface area contributed by atoms with Gasteiger partial charge in [-0.05, 0) is 19.4 Å². The maximum Gasteiger partial charge on any atom is 0.269 e. The molecule has 100 valence electrons. The minimum Gasteiger partial charge on any atom is -0.304 e. The lowest BCUT2D eigenvalue weighted by Crippen LogP contribution is -2.22. The van der Waals surface area contributed by atoms with Gasteiger partial charge in [0, 0.05) is 36.0 Å². The summed E-state index contributed by atoms with van der Waals surface area (Å²) in [5.74, 6) is 0. The highest BCUT2D eigenvalue weighted by molar-refractivity contribution is 5.34. The maximum atomic E-state index is 10.6. The Morgan fingerprint density at radius 3 is 2.37 bits per heavy atom. The van der Waals surface area contributed by atoms with Crippen LogP contribution in [0.2, 0.25) is 0 Å². The Morgan fingerprint density at radius 2 is 1.84 bits per heavy atom. The lowest BCUT2D eigenvalue weighted by molar-refractivity contribution is -0.384. The second kappa shape index (κ2) is 5.62. The van der Waals surface area contributed by atoms with Crippen molar-refractivity contribution in [3.8, 4) is 0 Å². The molecule has 1 aromatic carbocycles. The molecule has 0 bridgehead atoms. The van der Waals surface area contributed by atoms with Gasteiger partial charge >= 0.3 is 0 Å². The summed E-state index contributed by atoms with van der Waals surface area (Å²) < 4.78 is 0. The highest BCUT2D eigenvalue weighted by Crippen LogP contribution is 2.20. The van der Waals surface area contributed by atoms with Crippen molar-refractivity contribution in [1.82, 2.24) is 15.5 Å². The van der Waals surface area contributed by atoms with Crippen molar-refractivity contribution in [1.29, 1.82) is 0 Å². The number of non-ortho nitro benzene ring substituents is 1. The molecule has 2 unspecified atom stereocenters. The molecule has 2 aromatic rings. The molecule has 0 spiro atoms. The van der Waals surface area contributed by atoms with Gasteiger partial charge in [-0.25, -0.2) is 0 Å². The van der Waals surface area contributed by atoms with Crippen molar-refractivity contribution in [2.45, 2.75) is 25.9 Å². The molecule has 0 saturated carbocycles. The summed E-state index contributed by atoms with van der Waals surface area (Å²) in [5.41, 5.74) is 2.20. The number of aromatic nitrogens is 2. The minimum absolute atomic E-state index is 0.103. The van der Waals surface area contributed by atoms with Crippen molar-refractivity contribution in [2.75, 3.05) is 0 Å².